The number of nitrogens with zero attached hydrogens (tertiary/aromatic N) is 1. The van der Waals surface area contributed by atoms with Crippen LogP contribution in [0.15, 0.2) is 24.3 Å². The molecule has 2 N–H and O–H groups in total. The molecule has 1 heterocycles. The molecule has 114 valence electrons. The molecule has 0 unspecified atom stereocenters. The van der Waals surface area contributed by atoms with Gasteiger partial charge in [0.25, 0.3) is 0 Å². The second-order valence-electron chi connectivity index (χ2n) is 4.83. The summed E-state index contributed by atoms with van der Waals surface area (Å²) in [5.41, 5.74) is 0.768. The molecule has 1 saturated heterocycles. The number of rotatable bonds is 4. The van der Waals surface area contributed by atoms with Crippen molar-refractivity contribution in [3.63, 3.8) is 0 Å². The number of carboxylic acid groups (broad SMARTS) is 1. The first-order valence-corrected chi connectivity index (χ1v) is 7.77. The summed E-state index contributed by atoms with van der Waals surface area (Å²) in [6, 6.07) is 7.46. The molecule has 0 aromatic heterocycles. The van der Waals surface area contributed by atoms with Gasteiger partial charge in [0.15, 0.2) is 0 Å². The molecule has 1 fully saturated rings. The number of benzene rings is 1. The van der Waals surface area contributed by atoms with Crippen molar-refractivity contribution in [1.82, 2.24) is 4.90 Å². The van der Waals surface area contributed by atoms with Gasteiger partial charge in [-0.05, 0) is 59.7 Å². The summed E-state index contributed by atoms with van der Waals surface area (Å²) in [6.45, 7) is 0.862. The number of amides is 2. The first-order chi connectivity index (χ1) is 10.0. The van der Waals surface area contributed by atoms with E-state index >= 15 is 0 Å². The largest absolute Gasteiger partial charge is 0.480 e. The van der Waals surface area contributed by atoms with E-state index in [1.165, 1.54) is 0 Å². The van der Waals surface area contributed by atoms with Crippen LogP contribution in [0.1, 0.15) is 12.8 Å². The van der Waals surface area contributed by atoms with Gasteiger partial charge in [0.2, 0.25) is 0 Å². The van der Waals surface area contributed by atoms with E-state index in [9.17, 15) is 9.59 Å². The highest BCUT2D eigenvalue weighted by Crippen LogP contribution is 2.16. The zero-order valence-electron chi connectivity index (χ0n) is 11.4. The number of likely N-dealkylation sites (tertiary alicyclic amines) is 1. The number of ether oxygens (including phenoxy) is 1. The first-order valence-electron chi connectivity index (χ1n) is 6.69. The molecule has 1 aromatic carbocycles. The van der Waals surface area contributed by atoms with Gasteiger partial charge in [-0.3, -0.25) is 0 Å². The highest BCUT2D eigenvalue weighted by molar-refractivity contribution is 14.1. The number of halogens is 1. The average molecular weight is 404 g/mol. The van der Waals surface area contributed by atoms with Gasteiger partial charge >= 0.3 is 12.0 Å². The zero-order valence-corrected chi connectivity index (χ0v) is 13.6. The van der Waals surface area contributed by atoms with Gasteiger partial charge in [-0.25, -0.2) is 9.59 Å². The molecule has 6 nitrogen and oxygen atoms in total. The second-order valence-corrected chi connectivity index (χ2v) is 6.07. The third kappa shape index (κ3) is 5.16. The van der Waals surface area contributed by atoms with E-state index < -0.39 is 5.97 Å². The lowest BCUT2D eigenvalue weighted by atomic mass is 10.1. The molecule has 0 aliphatic carbocycles. The van der Waals surface area contributed by atoms with Gasteiger partial charge < -0.3 is 20.1 Å². The Bertz CT molecular complexity index is 498. The summed E-state index contributed by atoms with van der Waals surface area (Å²) >= 11 is 2.21. The number of piperidine rings is 1. The number of nitrogens with one attached hydrogen (secondary N) is 1. The normalized spacial score (nSPS) is 15.8. The van der Waals surface area contributed by atoms with E-state index in [2.05, 4.69) is 27.9 Å². The fourth-order valence-corrected chi connectivity index (χ4v) is 2.51. The van der Waals surface area contributed by atoms with E-state index in [0.717, 1.165) is 9.26 Å². The lowest BCUT2D eigenvalue weighted by molar-refractivity contribution is -0.145. The summed E-state index contributed by atoms with van der Waals surface area (Å²) in [5, 5.41) is 11.4. The number of aliphatic carboxylic acids is 1. The molecule has 0 bridgehead atoms. The van der Waals surface area contributed by atoms with Crippen LogP contribution in [0.25, 0.3) is 0 Å². The van der Waals surface area contributed by atoms with Crippen molar-refractivity contribution in [3.05, 3.63) is 27.8 Å². The number of urea groups is 1. The van der Waals surface area contributed by atoms with E-state index in [0.29, 0.717) is 25.9 Å². The number of anilines is 1. The molecule has 7 heteroatoms. The lowest BCUT2D eigenvalue weighted by Crippen LogP contribution is -2.43. The highest BCUT2D eigenvalue weighted by Gasteiger charge is 2.23. The van der Waals surface area contributed by atoms with E-state index in [4.69, 9.17) is 9.84 Å². The zero-order chi connectivity index (χ0) is 15.2. The topological polar surface area (TPSA) is 78.9 Å². The Morgan fingerprint density at radius 2 is 1.90 bits per heavy atom. The molecule has 0 radical (unpaired) electrons. The van der Waals surface area contributed by atoms with Gasteiger partial charge in [0.1, 0.15) is 6.61 Å². The van der Waals surface area contributed by atoms with Crippen molar-refractivity contribution < 1.29 is 19.4 Å². The number of carboxylic acids is 1. The minimum Gasteiger partial charge on any atom is -0.480 e. The van der Waals surface area contributed by atoms with Gasteiger partial charge in [-0.15, -0.1) is 0 Å². The number of hydrogen-bond acceptors (Lipinski definition) is 3. The predicted octanol–water partition coefficient (Wildman–Crippen LogP) is 2.39. The monoisotopic (exact) mass is 404 g/mol. The van der Waals surface area contributed by atoms with E-state index in [1.54, 1.807) is 4.90 Å². The maximum Gasteiger partial charge on any atom is 0.329 e. The Kier molecular flexibility index (Phi) is 5.80. The molecule has 0 atom stereocenters. The van der Waals surface area contributed by atoms with Crippen molar-refractivity contribution >= 4 is 40.3 Å². The fourth-order valence-electron chi connectivity index (χ4n) is 2.15. The van der Waals surface area contributed by atoms with Crippen LogP contribution in [0.4, 0.5) is 10.5 Å². The van der Waals surface area contributed by atoms with Gasteiger partial charge in [-0.2, -0.15) is 0 Å². The van der Waals surface area contributed by atoms with Gasteiger partial charge in [0, 0.05) is 22.3 Å². The third-order valence-corrected chi connectivity index (χ3v) is 3.99. The third-order valence-electron chi connectivity index (χ3n) is 3.27. The quantitative estimate of drug-likeness (QED) is 0.756. The molecule has 2 amide bonds. The molecule has 21 heavy (non-hydrogen) atoms. The summed E-state index contributed by atoms with van der Waals surface area (Å²) < 4.78 is 6.36. The van der Waals surface area contributed by atoms with Crippen molar-refractivity contribution in [1.29, 1.82) is 0 Å². The van der Waals surface area contributed by atoms with Crippen LogP contribution in [-0.2, 0) is 9.53 Å². The molecule has 1 aromatic rings. The smallest absolute Gasteiger partial charge is 0.329 e. The number of carbonyl (C=O) groups excluding carboxylic acids is 1. The Balaban J connectivity index is 1.77. The molecule has 0 saturated carbocycles. The van der Waals surface area contributed by atoms with Crippen molar-refractivity contribution in [2.75, 3.05) is 25.0 Å². The van der Waals surface area contributed by atoms with Crippen LogP contribution in [-0.4, -0.2) is 47.8 Å². The average Bonchev–Trinajstić information content (AvgIpc) is 2.48. The van der Waals surface area contributed by atoms with Crippen LogP contribution in [0.3, 0.4) is 0 Å². The molecule has 2 rings (SSSR count). The Hall–Kier alpha value is -1.35. The maximum absolute atomic E-state index is 12.1. The fraction of sp³-hybridized carbons (Fsp3) is 0.429. The number of hydrogen-bond donors (Lipinski definition) is 2. The highest BCUT2D eigenvalue weighted by atomic mass is 127. The van der Waals surface area contributed by atoms with Crippen LogP contribution >= 0.6 is 22.6 Å². The lowest BCUT2D eigenvalue weighted by Gasteiger charge is -2.31. The van der Waals surface area contributed by atoms with Crippen molar-refractivity contribution in [3.8, 4) is 0 Å². The van der Waals surface area contributed by atoms with E-state index in [1.807, 2.05) is 24.3 Å². The van der Waals surface area contributed by atoms with Gasteiger partial charge in [-0.1, -0.05) is 0 Å². The van der Waals surface area contributed by atoms with Crippen molar-refractivity contribution in [2.24, 2.45) is 0 Å². The maximum atomic E-state index is 12.1. The van der Waals surface area contributed by atoms with Gasteiger partial charge in [0.05, 0.1) is 6.10 Å². The molecule has 1 aliphatic heterocycles. The Labute approximate surface area is 136 Å². The molecule has 0 spiro atoms. The second kappa shape index (κ2) is 7.60. The molecular formula is C14H17IN2O4. The number of carbonyl (C=O) groups is 2. The van der Waals surface area contributed by atoms with E-state index in [-0.39, 0.29) is 18.7 Å². The Morgan fingerprint density at radius 1 is 1.29 bits per heavy atom. The summed E-state index contributed by atoms with van der Waals surface area (Å²) in [5.74, 6) is -0.964. The molecular weight excluding hydrogens is 387 g/mol. The van der Waals surface area contributed by atoms with Crippen LogP contribution in [0.5, 0.6) is 0 Å². The Morgan fingerprint density at radius 3 is 2.48 bits per heavy atom. The summed E-state index contributed by atoms with van der Waals surface area (Å²) in [7, 11) is 0. The predicted molar refractivity (Wildman–Crippen MR) is 86.4 cm³/mol. The minimum atomic E-state index is -0.964. The van der Waals surface area contributed by atoms with Crippen LogP contribution in [0, 0.1) is 3.57 Å². The summed E-state index contributed by atoms with van der Waals surface area (Å²) in [6.07, 6.45) is 1.24. The van der Waals surface area contributed by atoms with Crippen molar-refractivity contribution in [2.45, 2.75) is 18.9 Å². The first kappa shape index (κ1) is 16.0. The molecule has 1 aliphatic rings. The minimum absolute atomic E-state index is 0.0801. The van der Waals surface area contributed by atoms with Crippen LogP contribution < -0.4 is 5.32 Å². The standard InChI is InChI=1S/C14H17IN2O4/c15-10-1-3-11(4-2-10)16-14(20)17-7-5-12(6-8-17)21-9-13(18)19/h1-4,12H,5-9H2,(H,16,20)(H,18,19). The van der Waals surface area contributed by atoms with Crippen LogP contribution in [0.2, 0.25) is 0 Å². The summed E-state index contributed by atoms with van der Waals surface area (Å²) in [4.78, 5) is 24.3. The SMILES string of the molecule is O=C(O)COC1CCN(C(=O)Nc2ccc(I)cc2)CC1.